The molecule has 6 heteroatoms. The van der Waals surface area contributed by atoms with Crippen molar-refractivity contribution < 1.29 is 14.7 Å². The zero-order valence-electron chi connectivity index (χ0n) is 11.9. The zero-order valence-corrected chi connectivity index (χ0v) is 12.7. The van der Waals surface area contributed by atoms with Crippen molar-refractivity contribution >= 4 is 23.2 Å². The minimum absolute atomic E-state index is 0.131. The van der Waals surface area contributed by atoms with Gasteiger partial charge in [0, 0.05) is 44.5 Å². The van der Waals surface area contributed by atoms with Gasteiger partial charge >= 0.3 is 5.97 Å². The zero-order chi connectivity index (χ0) is 14.7. The normalized spacial score (nSPS) is 17.0. The number of aromatic carboxylic acids is 1. The molecule has 5 nitrogen and oxygen atoms in total. The van der Waals surface area contributed by atoms with E-state index in [1.54, 1.807) is 13.0 Å². The molecule has 110 valence electrons. The smallest absolute Gasteiger partial charge is 0.345 e. The maximum atomic E-state index is 11.4. The fourth-order valence-electron chi connectivity index (χ4n) is 2.47. The van der Waals surface area contributed by atoms with Gasteiger partial charge in [-0.3, -0.25) is 9.69 Å². The van der Waals surface area contributed by atoms with Crippen molar-refractivity contribution in [3.63, 3.8) is 0 Å². The molecule has 0 bridgehead atoms. The van der Waals surface area contributed by atoms with Gasteiger partial charge in [0.2, 0.25) is 5.91 Å². The lowest BCUT2D eigenvalue weighted by atomic mass is 10.2. The Morgan fingerprint density at radius 2 is 2.05 bits per heavy atom. The summed E-state index contributed by atoms with van der Waals surface area (Å²) in [5, 5.41) is 9.02. The Balaban J connectivity index is 2.00. The molecule has 0 radical (unpaired) electrons. The Hall–Kier alpha value is -1.40. The van der Waals surface area contributed by atoms with Crippen molar-refractivity contribution in [2.24, 2.45) is 0 Å². The van der Waals surface area contributed by atoms with Crippen LogP contribution in [0, 0.1) is 6.92 Å². The van der Waals surface area contributed by atoms with E-state index in [0.717, 1.165) is 49.6 Å². The summed E-state index contributed by atoms with van der Waals surface area (Å²) in [5.41, 5.74) is 1.09. The van der Waals surface area contributed by atoms with Crippen LogP contribution in [0.25, 0.3) is 0 Å². The maximum absolute atomic E-state index is 11.4. The monoisotopic (exact) mass is 296 g/mol. The Bertz CT molecular complexity index is 513. The van der Waals surface area contributed by atoms with Crippen LogP contribution in [0.5, 0.6) is 0 Å². The summed E-state index contributed by atoms with van der Waals surface area (Å²) >= 11 is 1.33. The fourth-order valence-corrected chi connectivity index (χ4v) is 3.34. The standard InChI is InChI=1S/C14H20N2O3S/c1-10-12(8-13(20-10)14(18)19)9-15-4-3-5-16(7-6-15)11(2)17/h8H,3-7,9H2,1-2H3,(H,18,19). The molecule has 1 aromatic rings. The number of nitrogens with zero attached hydrogens (tertiary/aromatic N) is 2. The maximum Gasteiger partial charge on any atom is 0.345 e. The molecule has 0 aromatic carbocycles. The molecule has 0 atom stereocenters. The van der Waals surface area contributed by atoms with Gasteiger partial charge in [0.05, 0.1) is 0 Å². The Morgan fingerprint density at radius 1 is 1.30 bits per heavy atom. The summed E-state index contributed by atoms with van der Waals surface area (Å²) in [6.45, 7) is 7.70. The Kier molecular flexibility index (Phi) is 4.77. The van der Waals surface area contributed by atoms with Crippen molar-refractivity contribution in [2.75, 3.05) is 26.2 Å². The summed E-state index contributed by atoms with van der Waals surface area (Å²) in [5.74, 6) is -0.727. The molecular formula is C14H20N2O3S. The SMILES string of the molecule is CC(=O)N1CCCN(Cc2cc(C(=O)O)sc2C)CC1. The van der Waals surface area contributed by atoms with Gasteiger partial charge in [0.1, 0.15) is 4.88 Å². The summed E-state index contributed by atoms with van der Waals surface area (Å²) in [6, 6.07) is 1.77. The van der Waals surface area contributed by atoms with Gasteiger partial charge in [-0.25, -0.2) is 4.79 Å². The number of amides is 1. The first-order valence-electron chi connectivity index (χ1n) is 6.78. The fraction of sp³-hybridized carbons (Fsp3) is 0.571. The predicted octanol–water partition coefficient (Wildman–Crippen LogP) is 1.81. The van der Waals surface area contributed by atoms with Crippen LogP contribution in [-0.4, -0.2) is 53.0 Å². The van der Waals surface area contributed by atoms with Crippen LogP contribution in [-0.2, 0) is 11.3 Å². The summed E-state index contributed by atoms with van der Waals surface area (Å²) < 4.78 is 0. The number of thiophene rings is 1. The molecule has 20 heavy (non-hydrogen) atoms. The number of hydrogen-bond donors (Lipinski definition) is 1. The first kappa shape index (κ1) is 15.0. The van der Waals surface area contributed by atoms with E-state index in [9.17, 15) is 9.59 Å². The lowest BCUT2D eigenvalue weighted by Gasteiger charge is -2.21. The van der Waals surface area contributed by atoms with Gasteiger partial charge < -0.3 is 10.0 Å². The van der Waals surface area contributed by atoms with E-state index >= 15 is 0 Å². The Labute approximate surface area is 122 Å². The molecule has 2 heterocycles. The molecule has 1 aliphatic heterocycles. The third-order valence-corrected chi connectivity index (χ3v) is 4.74. The molecule has 0 saturated carbocycles. The van der Waals surface area contributed by atoms with Gasteiger partial charge in [-0.2, -0.15) is 0 Å². The Morgan fingerprint density at radius 3 is 2.65 bits per heavy atom. The second-order valence-corrected chi connectivity index (χ2v) is 6.39. The van der Waals surface area contributed by atoms with E-state index < -0.39 is 5.97 Å². The van der Waals surface area contributed by atoms with Crippen molar-refractivity contribution in [1.82, 2.24) is 9.80 Å². The third kappa shape index (κ3) is 3.58. The van der Waals surface area contributed by atoms with Crippen LogP contribution in [0.2, 0.25) is 0 Å². The molecule has 1 fully saturated rings. The van der Waals surface area contributed by atoms with E-state index in [4.69, 9.17) is 5.11 Å². The van der Waals surface area contributed by atoms with Crippen LogP contribution in [0.15, 0.2) is 6.07 Å². The largest absolute Gasteiger partial charge is 0.477 e. The summed E-state index contributed by atoms with van der Waals surface area (Å²) in [6.07, 6.45) is 0.967. The lowest BCUT2D eigenvalue weighted by molar-refractivity contribution is -0.128. The first-order valence-corrected chi connectivity index (χ1v) is 7.59. The second kappa shape index (κ2) is 6.37. The highest BCUT2D eigenvalue weighted by Gasteiger charge is 2.18. The summed E-state index contributed by atoms with van der Waals surface area (Å²) in [7, 11) is 0. The molecule has 1 aliphatic rings. The van der Waals surface area contributed by atoms with E-state index in [2.05, 4.69) is 4.90 Å². The van der Waals surface area contributed by atoms with Crippen LogP contribution in [0.4, 0.5) is 0 Å². The van der Waals surface area contributed by atoms with Gasteiger partial charge in [-0.1, -0.05) is 0 Å². The van der Waals surface area contributed by atoms with Crippen LogP contribution in [0.1, 0.15) is 33.5 Å². The average molecular weight is 296 g/mol. The van der Waals surface area contributed by atoms with Crippen molar-refractivity contribution in [3.05, 3.63) is 21.4 Å². The highest BCUT2D eigenvalue weighted by Crippen LogP contribution is 2.23. The molecule has 0 spiro atoms. The quantitative estimate of drug-likeness (QED) is 0.924. The number of hydrogen-bond acceptors (Lipinski definition) is 4. The number of carboxylic acid groups (broad SMARTS) is 1. The van der Waals surface area contributed by atoms with E-state index in [1.165, 1.54) is 11.3 Å². The summed E-state index contributed by atoms with van der Waals surface area (Å²) in [4.78, 5) is 28.0. The highest BCUT2D eigenvalue weighted by molar-refractivity contribution is 7.14. The van der Waals surface area contributed by atoms with Crippen LogP contribution >= 0.6 is 11.3 Å². The number of aryl methyl sites for hydroxylation is 1. The predicted molar refractivity (Wildman–Crippen MR) is 78.2 cm³/mol. The van der Waals surface area contributed by atoms with Crippen molar-refractivity contribution in [2.45, 2.75) is 26.8 Å². The number of carbonyl (C=O) groups is 2. The van der Waals surface area contributed by atoms with Crippen molar-refractivity contribution in [3.8, 4) is 0 Å². The molecule has 0 aliphatic carbocycles. The number of rotatable bonds is 3. The van der Waals surface area contributed by atoms with Gasteiger partial charge in [0.25, 0.3) is 0 Å². The molecular weight excluding hydrogens is 276 g/mol. The molecule has 1 aromatic heterocycles. The van der Waals surface area contributed by atoms with Crippen LogP contribution in [0.3, 0.4) is 0 Å². The van der Waals surface area contributed by atoms with Gasteiger partial charge in [-0.05, 0) is 25.0 Å². The average Bonchev–Trinajstić information content (AvgIpc) is 2.61. The molecule has 1 amide bonds. The minimum Gasteiger partial charge on any atom is -0.477 e. The van der Waals surface area contributed by atoms with E-state index in [0.29, 0.717) is 4.88 Å². The van der Waals surface area contributed by atoms with E-state index in [1.807, 2.05) is 11.8 Å². The number of carboxylic acids is 1. The lowest BCUT2D eigenvalue weighted by Crippen LogP contribution is -2.33. The second-order valence-electron chi connectivity index (χ2n) is 5.13. The third-order valence-electron chi connectivity index (χ3n) is 3.66. The van der Waals surface area contributed by atoms with Gasteiger partial charge in [-0.15, -0.1) is 11.3 Å². The van der Waals surface area contributed by atoms with Crippen molar-refractivity contribution in [1.29, 1.82) is 0 Å². The highest BCUT2D eigenvalue weighted by atomic mass is 32.1. The molecule has 0 unspecified atom stereocenters. The van der Waals surface area contributed by atoms with Crippen LogP contribution < -0.4 is 0 Å². The van der Waals surface area contributed by atoms with E-state index in [-0.39, 0.29) is 5.91 Å². The first-order chi connectivity index (χ1) is 9.47. The number of carbonyl (C=O) groups excluding carboxylic acids is 1. The minimum atomic E-state index is -0.858. The molecule has 1 saturated heterocycles. The van der Waals surface area contributed by atoms with Gasteiger partial charge in [0.15, 0.2) is 0 Å². The molecule has 1 N–H and O–H groups in total. The molecule has 2 rings (SSSR count). The topological polar surface area (TPSA) is 60.9 Å².